The van der Waals surface area contributed by atoms with Crippen LogP contribution in [-0.2, 0) is 14.3 Å². The largest absolute Gasteiger partial charge is 0.468 e. The molecular formula is C9H16N2O3S. The highest BCUT2D eigenvalue weighted by Crippen LogP contribution is 2.11. The zero-order valence-corrected chi connectivity index (χ0v) is 9.89. The number of nitrogens with one attached hydrogen (secondary N) is 1. The van der Waals surface area contributed by atoms with Crippen LogP contribution in [0.5, 0.6) is 0 Å². The molecule has 1 amide bonds. The normalized spacial score (nSPS) is 12.0. The molecule has 0 aromatic carbocycles. The van der Waals surface area contributed by atoms with Crippen molar-refractivity contribution in [3.05, 3.63) is 0 Å². The number of nitrogens with two attached hydrogens (primary N) is 1. The third kappa shape index (κ3) is 4.73. The van der Waals surface area contributed by atoms with E-state index in [1.165, 1.54) is 7.11 Å². The van der Waals surface area contributed by atoms with Crippen molar-refractivity contribution in [3.63, 3.8) is 0 Å². The Morgan fingerprint density at radius 3 is 2.33 bits per heavy atom. The maximum absolute atomic E-state index is 11.6. The summed E-state index contributed by atoms with van der Waals surface area (Å²) in [5.74, 6) is -1.40. The molecular weight excluding hydrogens is 216 g/mol. The first-order valence-corrected chi connectivity index (χ1v) is 4.94. The van der Waals surface area contributed by atoms with Gasteiger partial charge in [-0.2, -0.15) is 0 Å². The molecule has 15 heavy (non-hydrogen) atoms. The van der Waals surface area contributed by atoms with Gasteiger partial charge in [0.2, 0.25) is 5.91 Å². The monoisotopic (exact) mass is 232 g/mol. The fraction of sp³-hybridized carbons (Fsp3) is 0.667. The van der Waals surface area contributed by atoms with E-state index in [-0.39, 0.29) is 23.4 Å². The molecule has 0 saturated carbocycles. The Morgan fingerprint density at radius 2 is 2.00 bits per heavy atom. The number of ether oxygens (including phenoxy) is 1. The molecule has 0 radical (unpaired) electrons. The number of thiocarbonyl (C=S) groups is 1. The van der Waals surface area contributed by atoms with Crippen molar-refractivity contribution in [3.8, 4) is 0 Å². The number of amides is 1. The Hall–Kier alpha value is -1.17. The second kappa shape index (κ2) is 6.34. The maximum atomic E-state index is 11.6. The van der Waals surface area contributed by atoms with Crippen molar-refractivity contribution in [2.75, 3.05) is 13.7 Å². The molecule has 0 bridgehead atoms. The summed E-state index contributed by atoms with van der Waals surface area (Å²) < 4.78 is 4.38. The molecule has 0 aliphatic carbocycles. The van der Waals surface area contributed by atoms with Gasteiger partial charge in [0.15, 0.2) is 0 Å². The van der Waals surface area contributed by atoms with Crippen LogP contribution in [0.15, 0.2) is 0 Å². The third-order valence-corrected chi connectivity index (χ3v) is 2.14. The summed E-state index contributed by atoms with van der Waals surface area (Å²) in [6.07, 6.45) is 0. The molecule has 0 saturated heterocycles. The van der Waals surface area contributed by atoms with Crippen molar-refractivity contribution in [2.45, 2.75) is 13.8 Å². The van der Waals surface area contributed by atoms with E-state index >= 15 is 0 Å². The molecule has 1 atom stereocenters. The van der Waals surface area contributed by atoms with Crippen LogP contribution >= 0.6 is 12.2 Å². The lowest BCUT2D eigenvalue weighted by molar-refractivity contribution is -0.141. The van der Waals surface area contributed by atoms with E-state index in [0.717, 1.165) is 0 Å². The molecule has 0 spiro atoms. The van der Waals surface area contributed by atoms with E-state index < -0.39 is 11.9 Å². The van der Waals surface area contributed by atoms with Gasteiger partial charge in [-0.05, 0) is 5.92 Å². The number of hydrogen-bond donors (Lipinski definition) is 2. The maximum Gasteiger partial charge on any atom is 0.325 e. The highest BCUT2D eigenvalue weighted by Gasteiger charge is 2.25. The Balaban J connectivity index is 4.28. The van der Waals surface area contributed by atoms with Crippen LogP contribution in [0.4, 0.5) is 0 Å². The van der Waals surface area contributed by atoms with Gasteiger partial charge in [0.25, 0.3) is 0 Å². The zero-order chi connectivity index (χ0) is 12.0. The van der Waals surface area contributed by atoms with Crippen LogP contribution in [0.1, 0.15) is 13.8 Å². The summed E-state index contributed by atoms with van der Waals surface area (Å²) in [5, 5.41) is 2.42. The Morgan fingerprint density at radius 1 is 1.47 bits per heavy atom. The third-order valence-electron chi connectivity index (χ3n) is 1.89. The Kier molecular flexibility index (Phi) is 5.84. The van der Waals surface area contributed by atoms with Gasteiger partial charge >= 0.3 is 5.97 Å². The highest BCUT2D eigenvalue weighted by atomic mass is 32.1. The molecule has 5 nitrogen and oxygen atoms in total. The molecule has 0 aromatic heterocycles. The highest BCUT2D eigenvalue weighted by molar-refractivity contribution is 7.80. The predicted octanol–water partition coefficient (Wildman–Crippen LogP) is -0.166. The van der Waals surface area contributed by atoms with Gasteiger partial charge in [-0.15, -0.1) is 0 Å². The molecule has 0 rings (SSSR count). The van der Waals surface area contributed by atoms with Crippen LogP contribution in [0.3, 0.4) is 0 Å². The lowest BCUT2D eigenvalue weighted by atomic mass is 9.95. The molecule has 0 heterocycles. The first-order valence-electron chi connectivity index (χ1n) is 4.54. The molecule has 6 heteroatoms. The topological polar surface area (TPSA) is 81.4 Å². The minimum atomic E-state index is -0.551. The number of rotatable bonds is 5. The Labute approximate surface area is 94.3 Å². The molecule has 0 fully saturated rings. The first-order chi connectivity index (χ1) is 6.90. The van der Waals surface area contributed by atoms with Crippen molar-refractivity contribution in [1.29, 1.82) is 0 Å². The van der Waals surface area contributed by atoms with Gasteiger partial charge in [0.1, 0.15) is 6.54 Å². The summed E-state index contributed by atoms with van der Waals surface area (Å²) in [4.78, 5) is 22.5. The number of carbonyl (C=O) groups is 2. The summed E-state index contributed by atoms with van der Waals surface area (Å²) in [6.45, 7) is 3.50. The summed E-state index contributed by atoms with van der Waals surface area (Å²) in [6, 6.07) is 0. The number of esters is 1. The lowest BCUT2D eigenvalue weighted by Crippen LogP contribution is -2.42. The molecule has 86 valence electrons. The van der Waals surface area contributed by atoms with Gasteiger partial charge in [-0.1, -0.05) is 26.1 Å². The van der Waals surface area contributed by atoms with Gasteiger partial charge in [0.05, 0.1) is 18.0 Å². The number of carbonyl (C=O) groups excluding carboxylic acids is 2. The number of hydrogen-bond acceptors (Lipinski definition) is 4. The van der Waals surface area contributed by atoms with E-state index in [4.69, 9.17) is 18.0 Å². The van der Waals surface area contributed by atoms with Crippen LogP contribution in [-0.4, -0.2) is 30.5 Å². The second-order valence-electron chi connectivity index (χ2n) is 3.42. The minimum Gasteiger partial charge on any atom is -0.468 e. The molecule has 3 N–H and O–H groups in total. The summed E-state index contributed by atoms with van der Waals surface area (Å²) >= 11 is 4.78. The molecule has 1 unspecified atom stereocenters. The van der Waals surface area contributed by atoms with Crippen LogP contribution in [0, 0.1) is 11.8 Å². The van der Waals surface area contributed by atoms with E-state index in [2.05, 4.69) is 10.1 Å². The first kappa shape index (κ1) is 13.8. The fourth-order valence-corrected chi connectivity index (χ4v) is 1.48. The minimum absolute atomic E-state index is 0.000136. The SMILES string of the molecule is COC(=O)CNC(=O)C(C(N)=S)C(C)C. The van der Waals surface area contributed by atoms with Crippen molar-refractivity contribution < 1.29 is 14.3 Å². The predicted molar refractivity (Wildman–Crippen MR) is 60.1 cm³/mol. The smallest absolute Gasteiger partial charge is 0.325 e. The zero-order valence-electron chi connectivity index (χ0n) is 9.07. The van der Waals surface area contributed by atoms with Crippen LogP contribution < -0.4 is 11.1 Å². The average molecular weight is 232 g/mol. The quantitative estimate of drug-likeness (QED) is 0.508. The van der Waals surface area contributed by atoms with E-state index in [9.17, 15) is 9.59 Å². The van der Waals surface area contributed by atoms with Crippen LogP contribution in [0.25, 0.3) is 0 Å². The van der Waals surface area contributed by atoms with Crippen molar-refractivity contribution in [2.24, 2.45) is 17.6 Å². The second-order valence-corrected chi connectivity index (χ2v) is 3.89. The van der Waals surface area contributed by atoms with E-state index in [1.54, 1.807) is 0 Å². The summed E-state index contributed by atoms with van der Waals surface area (Å²) in [7, 11) is 1.25. The van der Waals surface area contributed by atoms with Gasteiger partial charge in [0, 0.05) is 0 Å². The lowest BCUT2D eigenvalue weighted by Gasteiger charge is -2.18. The number of methoxy groups -OCH3 is 1. The molecule has 0 aliphatic heterocycles. The molecule has 0 aliphatic rings. The van der Waals surface area contributed by atoms with Crippen molar-refractivity contribution in [1.82, 2.24) is 5.32 Å². The Bertz CT molecular complexity index is 266. The van der Waals surface area contributed by atoms with Gasteiger partial charge < -0.3 is 15.8 Å². The van der Waals surface area contributed by atoms with E-state index in [0.29, 0.717) is 0 Å². The van der Waals surface area contributed by atoms with Gasteiger partial charge in [-0.3, -0.25) is 9.59 Å². The van der Waals surface area contributed by atoms with Crippen LogP contribution in [0.2, 0.25) is 0 Å². The van der Waals surface area contributed by atoms with E-state index in [1.807, 2.05) is 13.8 Å². The van der Waals surface area contributed by atoms with Crippen molar-refractivity contribution >= 4 is 29.1 Å². The average Bonchev–Trinajstić information content (AvgIpc) is 2.12. The standard InChI is InChI=1S/C9H16N2O3S/c1-5(2)7(8(10)15)9(13)11-4-6(12)14-3/h5,7H,4H2,1-3H3,(H2,10,15)(H,11,13). The summed E-state index contributed by atoms with van der Waals surface area (Å²) in [5.41, 5.74) is 5.43. The molecule has 0 aromatic rings. The fourth-order valence-electron chi connectivity index (χ4n) is 1.10. The van der Waals surface area contributed by atoms with Gasteiger partial charge in [-0.25, -0.2) is 0 Å².